The number of nitrogens with one attached hydrogen (secondary N) is 1. The fourth-order valence-corrected chi connectivity index (χ4v) is 5.58. The Bertz CT molecular complexity index is 1130. The third kappa shape index (κ3) is 4.11. The molecule has 7 nitrogen and oxygen atoms in total. The molecule has 1 saturated heterocycles. The molecule has 168 valence electrons. The number of aromatic nitrogens is 3. The van der Waals surface area contributed by atoms with E-state index in [9.17, 15) is 4.79 Å². The molecule has 2 fully saturated rings. The maximum Gasteiger partial charge on any atom is 0.246 e. The van der Waals surface area contributed by atoms with Crippen LogP contribution < -0.4 is 10.1 Å². The maximum absolute atomic E-state index is 12.2. The van der Waals surface area contributed by atoms with Crippen molar-refractivity contribution in [3.05, 3.63) is 42.1 Å². The number of hydrogen-bond donors (Lipinski definition) is 1. The summed E-state index contributed by atoms with van der Waals surface area (Å²) in [5, 5.41) is 5.18. The molecule has 1 N–H and O–H groups in total. The molecular formula is C24H29N5O2S. The lowest BCUT2D eigenvalue weighted by atomic mass is 10.2. The number of rotatable bonds is 7. The van der Waals surface area contributed by atoms with E-state index in [1.807, 2.05) is 18.0 Å². The Hall–Kier alpha value is -2.87. The first-order valence-electron chi connectivity index (χ1n) is 11.4. The molecule has 1 atom stereocenters. The number of ether oxygens (including phenoxy) is 1. The van der Waals surface area contributed by atoms with Gasteiger partial charge in [0.25, 0.3) is 0 Å². The minimum Gasteiger partial charge on any atom is -0.475 e. The third-order valence-electron chi connectivity index (χ3n) is 6.50. The highest BCUT2D eigenvalue weighted by Crippen LogP contribution is 2.37. The molecule has 32 heavy (non-hydrogen) atoms. The van der Waals surface area contributed by atoms with E-state index in [1.54, 1.807) is 11.3 Å². The van der Waals surface area contributed by atoms with Gasteiger partial charge in [-0.3, -0.25) is 4.79 Å². The number of thiazole rings is 1. The third-order valence-corrected chi connectivity index (χ3v) is 7.33. The quantitative estimate of drug-likeness (QED) is 0.499. The largest absolute Gasteiger partial charge is 0.475 e. The van der Waals surface area contributed by atoms with Crippen LogP contribution in [0.5, 0.6) is 5.88 Å². The van der Waals surface area contributed by atoms with Crippen molar-refractivity contribution in [2.75, 3.05) is 18.5 Å². The van der Waals surface area contributed by atoms with E-state index >= 15 is 0 Å². The zero-order valence-electron chi connectivity index (χ0n) is 18.4. The molecule has 5 rings (SSSR count). The van der Waals surface area contributed by atoms with E-state index in [0.29, 0.717) is 18.5 Å². The number of carbonyl (C=O) groups is 1. The molecule has 3 aromatic rings. The predicted octanol–water partition coefficient (Wildman–Crippen LogP) is 5.22. The van der Waals surface area contributed by atoms with Crippen molar-refractivity contribution in [1.29, 1.82) is 0 Å². The number of carbonyl (C=O) groups excluding carboxylic acids is 1. The number of fused-ring (bicyclic) bond motifs is 1. The van der Waals surface area contributed by atoms with Gasteiger partial charge in [-0.2, -0.15) is 4.98 Å². The molecule has 1 aliphatic heterocycles. The highest BCUT2D eigenvalue weighted by Gasteiger charge is 2.28. The number of likely N-dealkylation sites (tertiary alicyclic amines) is 1. The molecule has 0 aromatic carbocycles. The van der Waals surface area contributed by atoms with E-state index in [4.69, 9.17) is 9.72 Å². The lowest BCUT2D eigenvalue weighted by Gasteiger charge is -2.23. The molecule has 0 unspecified atom stereocenters. The first kappa shape index (κ1) is 21.0. The lowest BCUT2D eigenvalue weighted by Crippen LogP contribution is -2.38. The monoisotopic (exact) mass is 451 g/mol. The van der Waals surface area contributed by atoms with Crippen molar-refractivity contribution in [2.45, 2.75) is 57.5 Å². The highest BCUT2D eigenvalue weighted by atomic mass is 32.1. The van der Waals surface area contributed by atoms with E-state index < -0.39 is 0 Å². The summed E-state index contributed by atoms with van der Waals surface area (Å²) in [7, 11) is 0. The Labute approximate surface area is 192 Å². The van der Waals surface area contributed by atoms with Crippen molar-refractivity contribution in [3.8, 4) is 5.88 Å². The molecule has 0 radical (unpaired) electrons. The van der Waals surface area contributed by atoms with Crippen LogP contribution in [0.25, 0.3) is 10.9 Å². The van der Waals surface area contributed by atoms with Crippen LogP contribution in [0.3, 0.4) is 0 Å². The van der Waals surface area contributed by atoms with Crippen molar-refractivity contribution in [1.82, 2.24) is 19.4 Å². The molecular weight excluding hydrogens is 422 g/mol. The molecule has 1 saturated carbocycles. The van der Waals surface area contributed by atoms with Crippen LogP contribution in [0.1, 0.15) is 49.4 Å². The van der Waals surface area contributed by atoms with E-state index in [0.717, 1.165) is 46.1 Å². The zero-order chi connectivity index (χ0) is 22.1. The Morgan fingerprint density at radius 2 is 2.19 bits per heavy atom. The van der Waals surface area contributed by atoms with Gasteiger partial charge in [0.2, 0.25) is 11.8 Å². The molecule has 0 bridgehead atoms. The van der Waals surface area contributed by atoms with Crippen LogP contribution in [0, 0.1) is 6.92 Å². The number of hydrogen-bond acceptors (Lipinski definition) is 6. The number of pyridine rings is 1. The minimum atomic E-state index is -0.0313. The average molecular weight is 452 g/mol. The maximum atomic E-state index is 12.2. The van der Waals surface area contributed by atoms with Crippen molar-refractivity contribution in [2.24, 2.45) is 0 Å². The summed E-state index contributed by atoms with van der Waals surface area (Å²) in [6.45, 7) is 6.85. The van der Waals surface area contributed by atoms with Gasteiger partial charge in [-0.1, -0.05) is 19.4 Å². The SMILES string of the molecule is C=CC(=O)N1CCC[C@H]1COc1nc(Nc2ncc(C)s2)cc2c1ccn2C1CCCC1. The van der Waals surface area contributed by atoms with Gasteiger partial charge >= 0.3 is 0 Å². The van der Waals surface area contributed by atoms with E-state index in [-0.39, 0.29) is 11.9 Å². The number of aryl methyl sites for hydroxylation is 1. The standard InChI is InChI=1S/C24H29N5O2S/c1-3-22(30)29-11-6-9-18(29)15-31-23-19-10-12-28(17-7-4-5-8-17)20(19)13-21(26-23)27-24-25-14-16(2)32-24/h3,10,12-14,17-18H,1,4-9,11,15H2,2H3,(H,25,26,27)/t18-/m0/s1. The first-order chi connectivity index (χ1) is 15.6. The van der Waals surface area contributed by atoms with E-state index in [2.05, 4.69) is 39.8 Å². The topological polar surface area (TPSA) is 72.3 Å². The second-order valence-electron chi connectivity index (χ2n) is 8.65. The predicted molar refractivity (Wildman–Crippen MR) is 128 cm³/mol. The Kier molecular flexibility index (Phi) is 5.87. The Morgan fingerprint density at radius 1 is 1.34 bits per heavy atom. The minimum absolute atomic E-state index is 0.0313. The van der Waals surface area contributed by atoms with Gasteiger partial charge in [0, 0.05) is 35.9 Å². The molecule has 4 heterocycles. The summed E-state index contributed by atoms with van der Waals surface area (Å²) in [4.78, 5) is 24.4. The summed E-state index contributed by atoms with van der Waals surface area (Å²) < 4.78 is 8.65. The van der Waals surface area contributed by atoms with Crippen LogP contribution in [0.4, 0.5) is 10.9 Å². The smallest absolute Gasteiger partial charge is 0.246 e. The second-order valence-corrected chi connectivity index (χ2v) is 9.89. The first-order valence-corrected chi connectivity index (χ1v) is 12.2. The molecule has 3 aromatic heterocycles. The van der Waals surface area contributed by atoms with Gasteiger partial charge in [-0.05, 0) is 44.7 Å². The summed E-state index contributed by atoms with van der Waals surface area (Å²) in [6, 6.07) is 4.77. The fourth-order valence-electron chi connectivity index (χ4n) is 4.91. The lowest BCUT2D eigenvalue weighted by molar-refractivity contribution is -0.127. The van der Waals surface area contributed by atoms with Crippen molar-refractivity contribution < 1.29 is 9.53 Å². The van der Waals surface area contributed by atoms with Crippen LogP contribution in [0.2, 0.25) is 0 Å². The molecule has 0 spiro atoms. The molecule has 2 aliphatic rings. The molecule has 1 amide bonds. The van der Waals surface area contributed by atoms with Crippen molar-refractivity contribution >= 4 is 39.1 Å². The summed E-state index contributed by atoms with van der Waals surface area (Å²) in [6.07, 6.45) is 12.3. The number of anilines is 2. The van der Waals surface area contributed by atoms with Crippen LogP contribution in [-0.2, 0) is 4.79 Å². The molecule has 1 aliphatic carbocycles. The second kappa shape index (κ2) is 8.94. The summed E-state index contributed by atoms with van der Waals surface area (Å²) >= 11 is 1.60. The fraction of sp³-hybridized carbons (Fsp3) is 0.458. The number of nitrogens with zero attached hydrogens (tertiary/aromatic N) is 4. The summed E-state index contributed by atoms with van der Waals surface area (Å²) in [5.74, 6) is 1.30. The van der Waals surface area contributed by atoms with Gasteiger partial charge in [-0.25, -0.2) is 4.98 Å². The number of amides is 1. The highest BCUT2D eigenvalue weighted by molar-refractivity contribution is 7.15. The van der Waals surface area contributed by atoms with Crippen LogP contribution in [0.15, 0.2) is 37.2 Å². The van der Waals surface area contributed by atoms with Crippen LogP contribution >= 0.6 is 11.3 Å². The molecule has 8 heteroatoms. The van der Waals surface area contributed by atoms with E-state index in [1.165, 1.54) is 31.8 Å². The zero-order valence-corrected chi connectivity index (χ0v) is 19.2. The van der Waals surface area contributed by atoms with Gasteiger partial charge in [0.05, 0.1) is 16.9 Å². The van der Waals surface area contributed by atoms with Crippen molar-refractivity contribution in [3.63, 3.8) is 0 Å². The van der Waals surface area contributed by atoms with Gasteiger partial charge < -0.3 is 19.5 Å². The normalized spacial score (nSPS) is 19.0. The van der Waals surface area contributed by atoms with Gasteiger partial charge in [0.15, 0.2) is 5.13 Å². The summed E-state index contributed by atoms with van der Waals surface area (Å²) in [5.41, 5.74) is 1.13. The van der Waals surface area contributed by atoms with Gasteiger partial charge in [-0.15, -0.1) is 11.3 Å². The van der Waals surface area contributed by atoms with Gasteiger partial charge in [0.1, 0.15) is 12.4 Å². The van der Waals surface area contributed by atoms with Crippen LogP contribution in [-0.4, -0.2) is 44.5 Å². The Balaban J connectivity index is 1.45. The Morgan fingerprint density at radius 3 is 2.94 bits per heavy atom. The average Bonchev–Trinajstić information content (AvgIpc) is 3.58.